The van der Waals surface area contributed by atoms with E-state index < -0.39 is 0 Å². The molecule has 1 aromatic carbocycles. The highest BCUT2D eigenvalue weighted by Crippen LogP contribution is 2.25. The molecule has 1 N–H and O–H groups in total. The molecule has 1 rings (SSSR count). The maximum atomic E-state index is 13.8. The van der Waals surface area contributed by atoms with E-state index in [4.69, 9.17) is 4.74 Å². The SMILES string of the molecule is COCCNCC(CCC(C)(C)C)Cc1ccccc1F. The second kappa shape index (κ2) is 9.16. The second-order valence-corrected chi connectivity index (χ2v) is 6.96. The molecule has 120 valence electrons. The largest absolute Gasteiger partial charge is 0.383 e. The Hall–Kier alpha value is -0.930. The fourth-order valence-corrected chi connectivity index (χ4v) is 2.37. The molecule has 0 bridgehead atoms. The Bertz CT molecular complexity index is 400. The van der Waals surface area contributed by atoms with E-state index in [0.29, 0.717) is 17.9 Å². The van der Waals surface area contributed by atoms with Gasteiger partial charge in [0.1, 0.15) is 5.82 Å². The Labute approximate surface area is 129 Å². The fraction of sp³-hybridized carbons (Fsp3) is 0.667. The van der Waals surface area contributed by atoms with Gasteiger partial charge in [0.25, 0.3) is 0 Å². The smallest absolute Gasteiger partial charge is 0.126 e. The van der Waals surface area contributed by atoms with E-state index in [2.05, 4.69) is 26.1 Å². The van der Waals surface area contributed by atoms with Crippen LogP contribution in [0.3, 0.4) is 0 Å². The fourth-order valence-electron chi connectivity index (χ4n) is 2.37. The number of hydrogen-bond acceptors (Lipinski definition) is 2. The summed E-state index contributed by atoms with van der Waals surface area (Å²) >= 11 is 0. The predicted molar refractivity (Wildman–Crippen MR) is 87.0 cm³/mol. The minimum absolute atomic E-state index is 0.0878. The number of halogens is 1. The molecule has 0 saturated heterocycles. The Morgan fingerprint density at radius 3 is 2.57 bits per heavy atom. The molecule has 0 aliphatic carbocycles. The highest BCUT2D eigenvalue weighted by molar-refractivity contribution is 5.17. The summed E-state index contributed by atoms with van der Waals surface area (Å²) in [7, 11) is 1.71. The van der Waals surface area contributed by atoms with E-state index in [0.717, 1.165) is 37.9 Å². The van der Waals surface area contributed by atoms with Crippen molar-refractivity contribution < 1.29 is 9.13 Å². The van der Waals surface area contributed by atoms with Crippen molar-refractivity contribution in [3.8, 4) is 0 Å². The summed E-state index contributed by atoms with van der Waals surface area (Å²) in [6.07, 6.45) is 3.05. The van der Waals surface area contributed by atoms with Crippen LogP contribution in [0, 0.1) is 17.2 Å². The number of rotatable bonds is 9. The third-order valence-corrected chi connectivity index (χ3v) is 3.68. The van der Waals surface area contributed by atoms with E-state index in [-0.39, 0.29) is 5.82 Å². The molecule has 0 aliphatic heterocycles. The average molecular weight is 295 g/mol. The second-order valence-electron chi connectivity index (χ2n) is 6.96. The number of ether oxygens (including phenoxy) is 1. The predicted octanol–water partition coefficient (Wildman–Crippen LogP) is 4.05. The van der Waals surface area contributed by atoms with Crippen LogP contribution >= 0.6 is 0 Å². The van der Waals surface area contributed by atoms with Gasteiger partial charge >= 0.3 is 0 Å². The summed E-state index contributed by atoms with van der Waals surface area (Å²) in [4.78, 5) is 0. The Morgan fingerprint density at radius 1 is 1.24 bits per heavy atom. The van der Waals surface area contributed by atoms with Gasteiger partial charge in [-0.05, 0) is 48.8 Å². The molecule has 0 radical (unpaired) electrons. The number of hydrogen-bond donors (Lipinski definition) is 1. The van der Waals surface area contributed by atoms with Gasteiger partial charge in [0, 0.05) is 13.7 Å². The van der Waals surface area contributed by atoms with Crippen molar-refractivity contribution >= 4 is 0 Å². The third kappa shape index (κ3) is 8.18. The van der Waals surface area contributed by atoms with Crippen molar-refractivity contribution in [3.63, 3.8) is 0 Å². The van der Waals surface area contributed by atoms with Crippen molar-refractivity contribution in [2.24, 2.45) is 11.3 Å². The molecule has 1 atom stereocenters. The van der Waals surface area contributed by atoms with E-state index >= 15 is 0 Å². The van der Waals surface area contributed by atoms with Crippen LogP contribution in [0.5, 0.6) is 0 Å². The lowest BCUT2D eigenvalue weighted by Crippen LogP contribution is -2.28. The van der Waals surface area contributed by atoms with Gasteiger partial charge in [0.2, 0.25) is 0 Å². The standard InChI is InChI=1S/C18H30FNO/c1-18(2,3)10-9-15(14-20-11-12-21-4)13-16-7-5-6-8-17(16)19/h5-8,15,20H,9-14H2,1-4H3. The molecule has 0 amide bonds. The van der Waals surface area contributed by atoms with Crippen molar-refractivity contribution in [2.75, 3.05) is 26.8 Å². The third-order valence-electron chi connectivity index (χ3n) is 3.68. The first kappa shape index (κ1) is 18.1. The lowest BCUT2D eigenvalue weighted by Gasteiger charge is -2.24. The average Bonchev–Trinajstić information content (AvgIpc) is 2.42. The minimum atomic E-state index is -0.0878. The van der Waals surface area contributed by atoms with Gasteiger partial charge in [0.15, 0.2) is 0 Å². The van der Waals surface area contributed by atoms with Gasteiger partial charge in [-0.15, -0.1) is 0 Å². The van der Waals surface area contributed by atoms with Crippen LogP contribution in [-0.2, 0) is 11.2 Å². The van der Waals surface area contributed by atoms with Crippen molar-refractivity contribution in [1.82, 2.24) is 5.32 Å². The minimum Gasteiger partial charge on any atom is -0.383 e. The number of nitrogens with one attached hydrogen (secondary N) is 1. The first-order chi connectivity index (χ1) is 9.92. The Kier molecular flexibility index (Phi) is 7.91. The molecular weight excluding hydrogens is 265 g/mol. The lowest BCUT2D eigenvalue weighted by atomic mass is 9.84. The monoisotopic (exact) mass is 295 g/mol. The topological polar surface area (TPSA) is 21.3 Å². The van der Waals surface area contributed by atoms with Crippen LogP contribution in [0.1, 0.15) is 39.2 Å². The molecule has 0 aromatic heterocycles. The van der Waals surface area contributed by atoms with E-state index in [9.17, 15) is 4.39 Å². The van der Waals surface area contributed by atoms with Gasteiger partial charge < -0.3 is 10.1 Å². The molecule has 0 saturated carbocycles. The first-order valence-corrected chi connectivity index (χ1v) is 7.85. The molecule has 1 aromatic rings. The van der Waals surface area contributed by atoms with E-state index in [1.807, 2.05) is 12.1 Å². The molecular formula is C18H30FNO. The van der Waals surface area contributed by atoms with Gasteiger partial charge in [-0.3, -0.25) is 0 Å². The van der Waals surface area contributed by atoms with Crippen LogP contribution < -0.4 is 5.32 Å². The molecule has 0 heterocycles. The van der Waals surface area contributed by atoms with Crippen LogP contribution in [0.25, 0.3) is 0 Å². The summed E-state index contributed by atoms with van der Waals surface area (Å²) in [6.45, 7) is 9.24. The first-order valence-electron chi connectivity index (χ1n) is 7.85. The summed E-state index contributed by atoms with van der Waals surface area (Å²) < 4.78 is 18.9. The zero-order valence-corrected chi connectivity index (χ0v) is 13.9. The lowest BCUT2D eigenvalue weighted by molar-refractivity contribution is 0.196. The molecule has 2 nitrogen and oxygen atoms in total. The van der Waals surface area contributed by atoms with Crippen LogP contribution in [-0.4, -0.2) is 26.8 Å². The number of methoxy groups -OCH3 is 1. The van der Waals surface area contributed by atoms with Gasteiger partial charge in [-0.2, -0.15) is 0 Å². The molecule has 0 spiro atoms. The van der Waals surface area contributed by atoms with Crippen molar-refractivity contribution in [1.29, 1.82) is 0 Å². The normalized spacial score (nSPS) is 13.4. The quantitative estimate of drug-likeness (QED) is 0.694. The molecule has 0 fully saturated rings. The van der Waals surface area contributed by atoms with Crippen molar-refractivity contribution in [2.45, 2.75) is 40.0 Å². The molecule has 0 aliphatic rings. The zero-order chi connectivity index (χ0) is 15.7. The highest BCUT2D eigenvalue weighted by Gasteiger charge is 2.17. The van der Waals surface area contributed by atoms with Crippen molar-refractivity contribution in [3.05, 3.63) is 35.6 Å². The summed E-state index contributed by atoms with van der Waals surface area (Å²) in [6, 6.07) is 7.11. The Balaban J connectivity index is 2.56. The molecule has 3 heteroatoms. The van der Waals surface area contributed by atoms with Gasteiger partial charge in [-0.25, -0.2) is 4.39 Å². The van der Waals surface area contributed by atoms with Crippen LogP contribution in [0.15, 0.2) is 24.3 Å². The molecule has 21 heavy (non-hydrogen) atoms. The summed E-state index contributed by atoms with van der Waals surface area (Å²) in [5, 5.41) is 3.41. The van der Waals surface area contributed by atoms with Crippen LogP contribution in [0.4, 0.5) is 4.39 Å². The van der Waals surface area contributed by atoms with E-state index in [1.165, 1.54) is 0 Å². The van der Waals surface area contributed by atoms with Gasteiger partial charge in [-0.1, -0.05) is 39.0 Å². The maximum absolute atomic E-state index is 13.8. The van der Waals surface area contributed by atoms with Crippen LogP contribution in [0.2, 0.25) is 0 Å². The highest BCUT2D eigenvalue weighted by atomic mass is 19.1. The summed E-state index contributed by atoms with van der Waals surface area (Å²) in [5.41, 5.74) is 1.14. The maximum Gasteiger partial charge on any atom is 0.126 e. The molecule has 1 unspecified atom stereocenters. The summed E-state index contributed by atoms with van der Waals surface area (Å²) in [5.74, 6) is 0.369. The number of benzene rings is 1. The van der Waals surface area contributed by atoms with E-state index in [1.54, 1.807) is 19.2 Å². The Morgan fingerprint density at radius 2 is 1.95 bits per heavy atom. The van der Waals surface area contributed by atoms with Gasteiger partial charge in [0.05, 0.1) is 6.61 Å². The zero-order valence-electron chi connectivity index (χ0n) is 13.9.